The molecule has 2 unspecified atom stereocenters. The summed E-state index contributed by atoms with van der Waals surface area (Å²) in [6.45, 7) is 2.70. The zero-order valence-electron chi connectivity index (χ0n) is 10.7. The van der Waals surface area contributed by atoms with Crippen LogP contribution in [0, 0.1) is 0 Å². The summed E-state index contributed by atoms with van der Waals surface area (Å²) in [5, 5.41) is 3.57. The highest BCUT2D eigenvalue weighted by molar-refractivity contribution is 5.29. The molecular formula is C15H21NO2. The first kappa shape index (κ1) is 12.0. The lowest BCUT2D eigenvalue weighted by Gasteiger charge is -2.24. The topological polar surface area (TPSA) is 30.5 Å². The van der Waals surface area contributed by atoms with Crippen molar-refractivity contribution < 1.29 is 9.47 Å². The van der Waals surface area contributed by atoms with Crippen molar-refractivity contribution in [3.8, 4) is 5.75 Å². The van der Waals surface area contributed by atoms with Gasteiger partial charge in [-0.25, -0.2) is 0 Å². The van der Waals surface area contributed by atoms with E-state index in [4.69, 9.17) is 9.47 Å². The minimum Gasteiger partial charge on any atom is -0.488 e. The molecule has 3 rings (SSSR count). The predicted octanol–water partition coefficient (Wildman–Crippen LogP) is 2.67. The highest BCUT2D eigenvalue weighted by atomic mass is 16.5. The average molecular weight is 247 g/mol. The molecule has 0 radical (unpaired) electrons. The quantitative estimate of drug-likeness (QED) is 0.890. The van der Waals surface area contributed by atoms with Gasteiger partial charge >= 0.3 is 0 Å². The summed E-state index contributed by atoms with van der Waals surface area (Å²) < 4.78 is 11.2. The molecule has 2 atom stereocenters. The van der Waals surface area contributed by atoms with Crippen LogP contribution in [-0.4, -0.2) is 25.9 Å². The largest absolute Gasteiger partial charge is 0.488 e. The van der Waals surface area contributed by atoms with Crippen LogP contribution in [0.25, 0.3) is 0 Å². The summed E-state index contributed by atoms with van der Waals surface area (Å²) in [5.41, 5.74) is 1.38. The third-order valence-electron chi connectivity index (χ3n) is 3.78. The monoisotopic (exact) mass is 247 g/mol. The molecule has 0 aliphatic carbocycles. The second kappa shape index (κ2) is 5.72. The summed E-state index contributed by atoms with van der Waals surface area (Å²) >= 11 is 0. The standard InChI is InChI=1S/C15H21NO2/c1-2-9-16-15(3-1)12-4-6-13(7-5-12)18-14-8-10-17-11-14/h4-7,14-16H,1-3,8-11H2. The molecule has 3 nitrogen and oxygen atoms in total. The average Bonchev–Trinajstić information content (AvgIpc) is 2.94. The fourth-order valence-corrected chi connectivity index (χ4v) is 2.71. The Morgan fingerprint density at radius 3 is 2.67 bits per heavy atom. The number of piperidine rings is 1. The second-order valence-corrected chi connectivity index (χ2v) is 5.17. The molecule has 2 fully saturated rings. The zero-order valence-corrected chi connectivity index (χ0v) is 10.7. The van der Waals surface area contributed by atoms with Crippen LogP contribution >= 0.6 is 0 Å². The third-order valence-corrected chi connectivity index (χ3v) is 3.78. The molecule has 1 aromatic rings. The summed E-state index contributed by atoms with van der Waals surface area (Å²) in [6, 6.07) is 9.08. The van der Waals surface area contributed by atoms with Gasteiger partial charge in [-0.05, 0) is 37.1 Å². The molecule has 3 heteroatoms. The molecule has 0 amide bonds. The fraction of sp³-hybridized carbons (Fsp3) is 0.600. The summed E-state index contributed by atoms with van der Waals surface area (Å²) in [5.74, 6) is 0.963. The molecule has 2 heterocycles. The van der Waals surface area contributed by atoms with E-state index in [0.29, 0.717) is 6.04 Å². The molecule has 0 spiro atoms. The Balaban J connectivity index is 1.60. The Bertz CT molecular complexity index is 365. The number of hydrogen-bond donors (Lipinski definition) is 1. The normalized spacial score (nSPS) is 28.2. The van der Waals surface area contributed by atoms with Gasteiger partial charge in [0.05, 0.1) is 13.2 Å². The number of ether oxygens (including phenoxy) is 2. The maximum absolute atomic E-state index is 5.87. The minimum absolute atomic E-state index is 0.239. The van der Waals surface area contributed by atoms with E-state index < -0.39 is 0 Å². The van der Waals surface area contributed by atoms with Gasteiger partial charge in [0, 0.05) is 12.5 Å². The second-order valence-electron chi connectivity index (χ2n) is 5.17. The maximum atomic E-state index is 5.87. The van der Waals surface area contributed by atoms with Crippen LogP contribution in [0.15, 0.2) is 24.3 Å². The van der Waals surface area contributed by atoms with Gasteiger partial charge in [-0.1, -0.05) is 18.6 Å². The lowest BCUT2D eigenvalue weighted by atomic mass is 9.97. The van der Waals surface area contributed by atoms with Crippen molar-refractivity contribution >= 4 is 0 Å². The van der Waals surface area contributed by atoms with Gasteiger partial charge in [0.1, 0.15) is 11.9 Å². The van der Waals surface area contributed by atoms with Gasteiger partial charge < -0.3 is 14.8 Å². The van der Waals surface area contributed by atoms with E-state index in [1.807, 2.05) is 0 Å². The SMILES string of the molecule is c1cc(C2CCCCN2)ccc1OC1CCOC1. The first-order valence-corrected chi connectivity index (χ1v) is 6.99. The van der Waals surface area contributed by atoms with Gasteiger partial charge in [0.25, 0.3) is 0 Å². The van der Waals surface area contributed by atoms with Crippen LogP contribution in [0.5, 0.6) is 5.75 Å². The summed E-state index contributed by atoms with van der Waals surface area (Å²) in [6.07, 6.45) is 5.13. The number of nitrogens with one attached hydrogen (secondary N) is 1. The van der Waals surface area contributed by atoms with Crippen molar-refractivity contribution in [2.75, 3.05) is 19.8 Å². The van der Waals surface area contributed by atoms with E-state index in [1.165, 1.54) is 24.8 Å². The highest BCUT2D eigenvalue weighted by Gasteiger charge is 2.18. The van der Waals surface area contributed by atoms with Crippen LogP contribution in [-0.2, 0) is 4.74 Å². The van der Waals surface area contributed by atoms with E-state index in [2.05, 4.69) is 29.6 Å². The molecule has 0 bridgehead atoms. The Morgan fingerprint density at radius 1 is 1.11 bits per heavy atom. The van der Waals surface area contributed by atoms with Crippen LogP contribution in [0.4, 0.5) is 0 Å². The lowest BCUT2D eigenvalue weighted by Crippen LogP contribution is -2.26. The van der Waals surface area contributed by atoms with E-state index >= 15 is 0 Å². The summed E-state index contributed by atoms with van der Waals surface area (Å²) in [7, 11) is 0. The van der Waals surface area contributed by atoms with Crippen molar-refractivity contribution in [1.29, 1.82) is 0 Å². The molecular weight excluding hydrogens is 226 g/mol. The molecule has 18 heavy (non-hydrogen) atoms. The van der Waals surface area contributed by atoms with Gasteiger partial charge in [0.2, 0.25) is 0 Å². The molecule has 2 aliphatic rings. The highest BCUT2D eigenvalue weighted by Crippen LogP contribution is 2.25. The molecule has 98 valence electrons. The maximum Gasteiger partial charge on any atom is 0.124 e. The van der Waals surface area contributed by atoms with Crippen LogP contribution in [0.1, 0.15) is 37.3 Å². The first-order chi connectivity index (χ1) is 8.92. The van der Waals surface area contributed by atoms with Crippen molar-refractivity contribution in [3.63, 3.8) is 0 Å². The molecule has 1 N–H and O–H groups in total. The Morgan fingerprint density at radius 2 is 2.00 bits per heavy atom. The molecule has 1 aromatic carbocycles. The van der Waals surface area contributed by atoms with Crippen LogP contribution in [0.3, 0.4) is 0 Å². The van der Waals surface area contributed by atoms with Crippen LogP contribution in [0.2, 0.25) is 0 Å². The molecule has 2 aliphatic heterocycles. The van der Waals surface area contributed by atoms with Crippen molar-refractivity contribution in [2.24, 2.45) is 0 Å². The number of hydrogen-bond acceptors (Lipinski definition) is 3. The van der Waals surface area contributed by atoms with Crippen molar-refractivity contribution in [1.82, 2.24) is 5.32 Å². The van der Waals surface area contributed by atoms with Crippen LogP contribution < -0.4 is 10.1 Å². The zero-order chi connectivity index (χ0) is 12.2. The van der Waals surface area contributed by atoms with E-state index in [1.54, 1.807) is 0 Å². The predicted molar refractivity (Wildman–Crippen MR) is 70.9 cm³/mol. The Labute approximate surface area is 108 Å². The minimum atomic E-state index is 0.239. The number of rotatable bonds is 3. The smallest absolute Gasteiger partial charge is 0.124 e. The van der Waals surface area contributed by atoms with E-state index in [0.717, 1.165) is 31.9 Å². The van der Waals surface area contributed by atoms with Gasteiger partial charge in [0.15, 0.2) is 0 Å². The van der Waals surface area contributed by atoms with Crippen molar-refractivity contribution in [2.45, 2.75) is 37.8 Å². The van der Waals surface area contributed by atoms with Gasteiger partial charge in [-0.3, -0.25) is 0 Å². The molecule has 0 aromatic heterocycles. The number of benzene rings is 1. The van der Waals surface area contributed by atoms with E-state index in [9.17, 15) is 0 Å². The lowest BCUT2D eigenvalue weighted by molar-refractivity contribution is 0.141. The van der Waals surface area contributed by atoms with Gasteiger partial charge in [-0.15, -0.1) is 0 Å². The first-order valence-electron chi connectivity index (χ1n) is 6.99. The third kappa shape index (κ3) is 2.85. The van der Waals surface area contributed by atoms with Gasteiger partial charge in [-0.2, -0.15) is 0 Å². The Hall–Kier alpha value is -1.06. The molecule has 0 saturated carbocycles. The summed E-state index contributed by atoms with van der Waals surface area (Å²) in [4.78, 5) is 0. The van der Waals surface area contributed by atoms with E-state index in [-0.39, 0.29) is 6.10 Å². The van der Waals surface area contributed by atoms with Crippen molar-refractivity contribution in [3.05, 3.63) is 29.8 Å². The molecule has 2 saturated heterocycles. The fourth-order valence-electron chi connectivity index (χ4n) is 2.71. The Kier molecular flexibility index (Phi) is 3.81.